The summed E-state index contributed by atoms with van der Waals surface area (Å²) in [4.78, 5) is 11.7. The van der Waals surface area contributed by atoms with Crippen LogP contribution in [0, 0.1) is 11.3 Å². The van der Waals surface area contributed by atoms with E-state index in [0.29, 0.717) is 18.8 Å². The lowest BCUT2D eigenvalue weighted by Gasteiger charge is -2.16. The van der Waals surface area contributed by atoms with Gasteiger partial charge in [-0.15, -0.1) is 23.2 Å². The van der Waals surface area contributed by atoms with Gasteiger partial charge < -0.3 is 10.4 Å². The number of alkyl halides is 2. The van der Waals surface area contributed by atoms with E-state index >= 15 is 0 Å². The molecule has 16 heavy (non-hydrogen) atoms. The Bertz CT molecular complexity index is 281. The maximum absolute atomic E-state index is 11.7. The number of amides is 1. The summed E-state index contributed by atoms with van der Waals surface area (Å²) < 4.78 is -0.944. The highest BCUT2D eigenvalue weighted by Gasteiger charge is 2.67. The van der Waals surface area contributed by atoms with E-state index in [1.54, 1.807) is 6.92 Å². The second-order valence-electron chi connectivity index (χ2n) is 5.21. The second kappa shape index (κ2) is 4.71. The van der Waals surface area contributed by atoms with Crippen LogP contribution in [-0.2, 0) is 4.79 Å². The van der Waals surface area contributed by atoms with Gasteiger partial charge in [-0.1, -0.05) is 13.8 Å². The summed E-state index contributed by atoms with van der Waals surface area (Å²) in [5, 5.41) is 12.3. The average Bonchev–Trinajstić information content (AvgIpc) is 2.62. The van der Waals surface area contributed by atoms with Crippen LogP contribution < -0.4 is 5.32 Å². The molecule has 3 nitrogen and oxygen atoms in total. The van der Waals surface area contributed by atoms with Crippen molar-refractivity contribution in [2.75, 3.05) is 6.54 Å². The number of hydrogen-bond acceptors (Lipinski definition) is 2. The Morgan fingerprint density at radius 1 is 1.50 bits per heavy atom. The number of nitrogens with one attached hydrogen (secondary N) is 1. The largest absolute Gasteiger partial charge is 0.391 e. The Kier molecular flexibility index (Phi) is 4.14. The van der Waals surface area contributed by atoms with Gasteiger partial charge >= 0.3 is 0 Å². The maximum atomic E-state index is 11.7. The minimum absolute atomic E-state index is 0.180. The quantitative estimate of drug-likeness (QED) is 0.750. The van der Waals surface area contributed by atoms with Crippen molar-refractivity contribution in [1.29, 1.82) is 0 Å². The molecule has 1 amide bonds. The van der Waals surface area contributed by atoms with Crippen molar-refractivity contribution < 1.29 is 9.90 Å². The molecule has 0 aromatic heterocycles. The summed E-state index contributed by atoms with van der Waals surface area (Å²) in [5.74, 6) is 0.226. The smallest absolute Gasteiger partial charge is 0.229 e. The van der Waals surface area contributed by atoms with E-state index in [0.717, 1.165) is 0 Å². The van der Waals surface area contributed by atoms with E-state index in [1.165, 1.54) is 0 Å². The zero-order valence-corrected chi connectivity index (χ0v) is 11.4. The third-order valence-corrected chi connectivity index (χ3v) is 4.10. The van der Waals surface area contributed by atoms with Gasteiger partial charge in [0.25, 0.3) is 0 Å². The zero-order valence-electron chi connectivity index (χ0n) is 9.89. The molecule has 94 valence electrons. The number of halogens is 2. The summed E-state index contributed by atoms with van der Waals surface area (Å²) in [7, 11) is 0. The Hall–Kier alpha value is 0.01000. The zero-order chi connectivity index (χ0) is 12.6. The van der Waals surface area contributed by atoms with Crippen molar-refractivity contribution in [3.05, 3.63) is 0 Å². The number of hydrogen-bond donors (Lipinski definition) is 2. The summed E-state index contributed by atoms with van der Waals surface area (Å²) >= 11 is 11.8. The van der Waals surface area contributed by atoms with Crippen molar-refractivity contribution in [3.8, 4) is 0 Å². The molecule has 0 aromatic rings. The number of carbonyl (C=O) groups excluding carboxylic acids is 1. The van der Waals surface area contributed by atoms with Crippen LogP contribution in [0.5, 0.6) is 0 Å². The first kappa shape index (κ1) is 14.1. The topological polar surface area (TPSA) is 49.3 Å². The minimum Gasteiger partial charge on any atom is -0.391 e. The molecule has 2 unspecified atom stereocenters. The van der Waals surface area contributed by atoms with E-state index in [-0.39, 0.29) is 12.5 Å². The van der Waals surface area contributed by atoms with Crippen molar-refractivity contribution in [1.82, 2.24) is 5.32 Å². The normalized spacial score (nSPS) is 28.9. The monoisotopic (exact) mass is 267 g/mol. The Morgan fingerprint density at radius 2 is 2.00 bits per heavy atom. The summed E-state index contributed by atoms with van der Waals surface area (Å²) in [5.41, 5.74) is -0.701. The van der Waals surface area contributed by atoms with E-state index in [9.17, 15) is 9.90 Å². The summed E-state index contributed by atoms with van der Waals surface area (Å²) in [6, 6.07) is 0. The van der Waals surface area contributed by atoms with Crippen molar-refractivity contribution in [2.45, 2.75) is 44.1 Å². The molecule has 0 aliphatic heterocycles. The number of aliphatic hydroxyl groups is 1. The maximum Gasteiger partial charge on any atom is 0.229 e. The van der Waals surface area contributed by atoms with Gasteiger partial charge in [0, 0.05) is 6.54 Å². The molecule has 0 bridgehead atoms. The van der Waals surface area contributed by atoms with Gasteiger partial charge in [0.2, 0.25) is 5.91 Å². The highest BCUT2D eigenvalue weighted by atomic mass is 35.5. The van der Waals surface area contributed by atoms with Crippen molar-refractivity contribution >= 4 is 29.1 Å². The molecule has 0 spiro atoms. The fraction of sp³-hybridized carbons (Fsp3) is 0.909. The van der Waals surface area contributed by atoms with Crippen LogP contribution >= 0.6 is 23.2 Å². The van der Waals surface area contributed by atoms with Crippen LogP contribution in [0.2, 0.25) is 0 Å². The molecule has 0 aromatic carbocycles. The minimum atomic E-state index is -0.944. The molecule has 1 aliphatic rings. The Labute approximate surface area is 106 Å². The molecule has 0 radical (unpaired) electrons. The third kappa shape index (κ3) is 3.02. The molecule has 5 heteroatoms. The van der Waals surface area contributed by atoms with Gasteiger partial charge in [-0.05, 0) is 25.7 Å². The average molecular weight is 268 g/mol. The van der Waals surface area contributed by atoms with Crippen molar-refractivity contribution in [2.24, 2.45) is 11.3 Å². The molecule has 1 aliphatic carbocycles. The molecular weight excluding hydrogens is 249 g/mol. The second-order valence-corrected chi connectivity index (χ2v) is 6.69. The van der Waals surface area contributed by atoms with Crippen LogP contribution in [0.4, 0.5) is 0 Å². The molecule has 1 saturated carbocycles. The van der Waals surface area contributed by atoms with Gasteiger partial charge in [-0.2, -0.15) is 0 Å². The summed E-state index contributed by atoms with van der Waals surface area (Å²) in [6.07, 6.45) is 0.630. The lowest BCUT2D eigenvalue weighted by atomic mass is 10.1. The van der Waals surface area contributed by atoms with Gasteiger partial charge in [0.15, 0.2) is 0 Å². The highest BCUT2D eigenvalue weighted by Crippen LogP contribution is 2.63. The first-order valence-corrected chi connectivity index (χ1v) is 6.29. The lowest BCUT2D eigenvalue weighted by Crippen LogP contribution is -2.38. The number of aliphatic hydroxyl groups excluding tert-OH is 1. The van der Waals surface area contributed by atoms with Gasteiger partial charge in [-0.3, -0.25) is 4.79 Å². The number of carbonyl (C=O) groups is 1. The molecule has 1 rings (SSSR count). The first-order chi connectivity index (χ1) is 7.19. The van der Waals surface area contributed by atoms with E-state index in [4.69, 9.17) is 23.2 Å². The van der Waals surface area contributed by atoms with E-state index in [2.05, 4.69) is 5.32 Å². The molecule has 0 heterocycles. The fourth-order valence-electron chi connectivity index (χ4n) is 1.68. The van der Waals surface area contributed by atoms with Crippen molar-refractivity contribution in [3.63, 3.8) is 0 Å². The SMILES string of the molecule is CC(C)CC(O)CNC(=O)C1(C)CC1(Cl)Cl. The Balaban J connectivity index is 2.32. The van der Waals surface area contributed by atoms with Crippen LogP contribution in [0.3, 0.4) is 0 Å². The van der Waals surface area contributed by atoms with Gasteiger partial charge in [0.05, 0.1) is 11.5 Å². The first-order valence-electron chi connectivity index (χ1n) is 5.53. The van der Waals surface area contributed by atoms with Gasteiger partial charge in [0.1, 0.15) is 4.33 Å². The molecule has 2 N–H and O–H groups in total. The van der Waals surface area contributed by atoms with Crippen LogP contribution in [0.25, 0.3) is 0 Å². The fourth-order valence-corrected chi connectivity index (χ4v) is 2.39. The van der Waals surface area contributed by atoms with Crippen LogP contribution in [-0.4, -0.2) is 28.0 Å². The molecule has 0 saturated heterocycles. The predicted molar refractivity (Wildman–Crippen MR) is 65.6 cm³/mol. The van der Waals surface area contributed by atoms with Gasteiger partial charge in [-0.25, -0.2) is 0 Å². The van der Waals surface area contributed by atoms with Crippen LogP contribution in [0.15, 0.2) is 0 Å². The van der Waals surface area contributed by atoms with E-state index in [1.807, 2.05) is 13.8 Å². The third-order valence-electron chi connectivity index (χ3n) is 3.00. The molecular formula is C11H19Cl2NO2. The number of rotatable bonds is 5. The standard InChI is InChI=1S/C11H19Cl2NO2/c1-7(2)4-8(15)5-14-9(16)10(3)6-11(10,12)13/h7-8,15H,4-6H2,1-3H3,(H,14,16). The summed E-state index contributed by atoms with van der Waals surface area (Å²) in [6.45, 7) is 6.04. The Morgan fingerprint density at radius 3 is 2.38 bits per heavy atom. The lowest BCUT2D eigenvalue weighted by molar-refractivity contribution is -0.126. The predicted octanol–water partition coefficient (Wildman–Crippen LogP) is 2.09. The highest BCUT2D eigenvalue weighted by molar-refractivity contribution is 6.53. The van der Waals surface area contributed by atoms with E-state index < -0.39 is 15.9 Å². The van der Waals surface area contributed by atoms with Crippen LogP contribution in [0.1, 0.15) is 33.6 Å². The molecule has 2 atom stereocenters. The molecule has 1 fully saturated rings.